The van der Waals surface area contributed by atoms with Crippen LogP contribution in [0.2, 0.25) is 0 Å². The lowest BCUT2D eigenvalue weighted by atomic mass is 10.4. The lowest BCUT2D eigenvalue weighted by Gasteiger charge is -2.10. The molecule has 1 aromatic rings. The van der Waals surface area contributed by atoms with Gasteiger partial charge in [0.05, 0.1) is 25.3 Å². The van der Waals surface area contributed by atoms with Crippen molar-refractivity contribution in [3.63, 3.8) is 0 Å². The van der Waals surface area contributed by atoms with Gasteiger partial charge < -0.3 is 5.48 Å². The molecular weight excluding hydrogens is 155 g/mol. The lowest BCUT2D eigenvalue weighted by molar-refractivity contribution is 0.824. The summed E-state index contributed by atoms with van der Waals surface area (Å²) in [4.78, 5) is 0. The number of hydrogen-bond donors (Lipinski definition) is 0. The van der Waals surface area contributed by atoms with E-state index in [-0.39, 0.29) is 5.48 Å². The van der Waals surface area contributed by atoms with E-state index in [0.29, 0.717) is 0 Å². The first-order valence-electron chi connectivity index (χ1n) is 3.48. The van der Waals surface area contributed by atoms with Crippen LogP contribution < -0.4 is 5.30 Å². The molecule has 0 bridgehead atoms. The van der Waals surface area contributed by atoms with E-state index < -0.39 is 7.26 Å². The molecule has 0 aliphatic carbocycles. The van der Waals surface area contributed by atoms with Crippen LogP contribution in [0, 0.1) is 0 Å². The number of benzene rings is 1. The van der Waals surface area contributed by atoms with Crippen molar-refractivity contribution in [1.29, 1.82) is 0 Å². The molecule has 0 saturated heterocycles. The summed E-state index contributed by atoms with van der Waals surface area (Å²) < 4.78 is 0. The third-order valence-corrected chi connectivity index (χ3v) is 3.38. The van der Waals surface area contributed by atoms with Crippen LogP contribution >= 0.6 is 7.26 Å². The van der Waals surface area contributed by atoms with Gasteiger partial charge in [0.2, 0.25) is 0 Å². The first-order valence-corrected chi connectivity index (χ1v) is 6.61. The molecule has 0 heterocycles. The van der Waals surface area contributed by atoms with E-state index >= 15 is 0 Å². The van der Waals surface area contributed by atoms with E-state index in [1.54, 1.807) is 0 Å². The lowest BCUT2D eigenvalue weighted by Crippen LogP contribution is -2.05. The highest BCUT2D eigenvalue weighted by Gasteiger charge is 2.19. The highest BCUT2D eigenvalue weighted by atomic mass is 31.2. The van der Waals surface area contributed by atoms with Gasteiger partial charge in [0.15, 0.2) is 0 Å². The summed E-state index contributed by atoms with van der Waals surface area (Å²) in [5.41, 5.74) is 0. The van der Waals surface area contributed by atoms with Crippen molar-refractivity contribution in [2.24, 2.45) is 0 Å². The van der Waals surface area contributed by atoms with Crippen molar-refractivity contribution in [1.82, 2.24) is 0 Å². The normalized spacial score (nSPS) is 10.5. The van der Waals surface area contributed by atoms with Crippen molar-refractivity contribution in [3.05, 3.63) is 30.3 Å². The molecule has 0 aromatic heterocycles. The molecule has 0 fully saturated rings. The summed E-state index contributed by atoms with van der Waals surface area (Å²) >= 11 is 0. The Balaban J connectivity index is 0.000001000. The van der Waals surface area contributed by atoms with Gasteiger partial charge in [0, 0.05) is 7.26 Å². The highest BCUT2D eigenvalue weighted by molar-refractivity contribution is 7.80. The molecule has 2 heteroatoms. The zero-order valence-corrected chi connectivity index (χ0v) is 8.18. The molecule has 1 rings (SSSR count). The van der Waals surface area contributed by atoms with E-state index in [4.69, 9.17) is 0 Å². The second-order valence-corrected chi connectivity index (χ2v) is 7.89. The summed E-state index contributed by atoms with van der Waals surface area (Å²) in [6.07, 6.45) is 0. The molecule has 0 radical (unpaired) electrons. The predicted octanol–water partition coefficient (Wildman–Crippen LogP) is 2.04. The topological polar surface area (TPSA) is 30.0 Å². The van der Waals surface area contributed by atoms with Crippen LogP contribution in [0.1, 0.15) is 0 Å². The van der Waals surface area contributed by atoms with E-state index in [9.17, 15) is 0 Å². The average Bonchev–Trinajstić information content (AvgIpc) is 1.88. The molecule has 0 unspecified atom stereocenters. The summed E-state index contributed by atoms with van der Waals surface area (Å²) in [5.74, 6) is 0. The third kappa shape index (κ3) is 3.00. The molecule has 0 atom stereocenters. The number of hydrogen-bond acceptors (Lipinski definition) is 1. The minimum absolute atomic E-state index is 0. The van der Waals surface area contributed by atoms with E-state index in [2.05, 4.69) is 50.3 Å². The molecule has 0 spiro atoms. The summed E-state index contributed by atoms with van der Waals surface area (Å²) in [6.45, 7) is 7.01. The molecular formula is C9H15OP. The molecule has 0 amide bonds. The summed E-state index contributed by atoms with van der Waals surface area (Å²) in [6, 6.07) is 10.7. The zero-order valence-electron chi connectivity index (χ0n) is 7.28. The second-order valence-electron chi connectivity index (χ2n) is 3.35. The Labute approximate surface area is 69.1 Å². The van der Waals surface area contributed by atoms with Gasteiger partial charge in [-0.25, -0.2) is 0 Å². The smallest absolute Gasteiger partial charge is 0.0930 e. The Bertz CT molecular complexity index is 201. The fraction of sp³-hybridized carbons (Fsp3) is 0.333. The van der Waals surface area contributed by atoms with Crippen LogP contribution in [0.25, 0.3) is 0 Å². The van der Waals surface area contributed by atoms with Crippen molar-refractivity contribution in [2.75, 3.05) is 20.0 Å². The maximum absolute atomic E-state index is 2.34. The standard InChI is InChI=1S/C9H14P.H2O/c1-10(2,3)9-7-5-4-6-8-9;/h4-8H,1-3H3;1H2/q+1;/p-1. The average molecular weight is 170 g/mol. The predicted molar refractivity (Wildman–Crippen MR) is 52.7 cm³/mol. The number of rotatable bonds is 1. The van der Waals surface area contributed by atoms with Gasteiger partial charge in [-0.2, -0.15) is 0 Å². The van der Waals surface area contributed by atoms with Gasteiger partial charge in [-0.05, 0) is 12.1 Å². The van der Waals surface area contributed by atoms with Gasteiger partial charge >= 0.3 is 0 Å². The van der Waals surface area contributed by atoms with Gasteiger partial charge in [0.25, 0.3) is 0 Å². The Hall–Kier alpha value is -0.390. The summed E-state index contributed by atoms with van der Waals surface area (Å²) in [7, 11) is -0.768. The quantitative estimate of drug-likeness (QED) is 0.593. The Morgan fingerprint density at radius 1 is 0.909 bits per heavy atom. The molecule has 11 heavy (non-hydrogen) atoms. The Morgan fingerprint density at radius 3 is 1.64 bits per heavy atom. The van der Waals surface area contributed by atoms with E-state index in [1.165, 1.54) is 5.30 Å². The van der Waals surface area contributed by atoms with Crippen LogP contribution in [0.15, 0.2) is 30.3 Å². The summed E-state index contributed by atoms with van der Waals surface area (Å²) in [5, 5.41) is 1.51. The van der Waals surface area contributed by atoms with Crippen LogP contribution in [-0.2, 0) is 0 Å². The van der Waals surface area contributed by atoms with Crippen LogP contribution in [-0.4, -0.2) is 25.5 Å². The van der Waals surface area contributed by atoms with Crippen molar-refractivity contribution >= 4 is 12.6 Å². The van der Waals surface area contributed by atoms with Gasteiger partial charge in [-0.15, -0.1) is 0 Å². The fourth-order valence-electron chi connectivity index (χ4n) is 0.875. The fourth-order valence-corrected chi connectivity index (χ4v) is 1.94. The van der Waals surface area contributed by atoms with Crippen LogP contribution in [0.4, 0.5) is 0 Å². The van der Waals surface area contributed by atoms with E-state index in [0.717, 1.165) is 0 Å². The van der Waals surface area contributed by atoms with Gasteiger partial charge in [-0.3, -0.25) is 0 Å². The Morgan fingerprint density at radius 2 is 1.36 bits per heavy atom. The molecule has 1 N–H and O–H groups in total. The van der Waals surface area contributed by atoms with E-state index in [1.807, 2.05) is 0 Å². The highest BCUT2D eigenvalue weighted by Crippen LogP contribution is 2.44. The van der Waals surface area contributed by atoms with Crippen LogP contribution in [0.5, 0.6) is 0 Å². The molecule has 0 aliphatic heterocycles. The molecule has 0 aliphatic rings. The SMILES string of the molecule is C[P+](C)(C)c1ccccc1.[OH-]. The van der Waals surface area contributed by atoms with Crippen molar-refractivity contribution < 1.29 is 5.48 Å². The molecule has 62 valence electrons. The maximum Gasteiger partial charge on any atom is 0.0930 e. The maximum atomic E-state index is 2.34. The molecule has 0 saturated carbocycles. The first-order chi connectivity index (χ1) is 4.61. The minimum atomic E-state index is -0.768. The third-order valence-electron chi connectivity index (χ3n) is 1.53. The van der Waals surface area contributed by atoms with Crippen LogP contribution in [0.3, 0.4) is 0 Å². The second kappa shape index (κ2) is 3.85. The zero-order chi connectivity index (χ0) is 7.61. The molecule has 1 aromatic carbocycles. The monoisotopic (exact) mass is 170 g/mol. The largest absolute Gasteiger partial charge is 0.870 e. The van der Waals surface area contributed by atoms with Crippen molar-refractivity contribution in [3.8, 4) is 0 Å². The van der Waals surface area contributed by atoms with Crippen molar-refractivity contribution in [2.45, 2.75) is 0 Å². The van der Waals surface area contributed by atoms with Gasteiger partial charge in [-0.1, -0.05) is 18.2 Å². The molecule has 1 nitrogen and oxygen atoms in total. The van der Waals surface area contributed by atoms with Gasteiger partial charge in [0.1, 0.15) is 0 Å². The minimum Gasteiger partial charge on any atom is -0.870 e. The Kier molecular flexibility index (Phi) is 3.71. The first kappa shape index (κ1) is 10.6.